The maximum atomic E-state index is 12.2. The number of nitrogens with one attached hydrogen (secondary N) is 1. The summed E-state index contributed by atoms with van der Waals surface area (Å²) in [5.74, 6) is -0.608. The molecule has 8 nitrogen and oxygen atoms in total. The molecule has 1 fully saturated rings. The highest BCUT2D eigenvalue weighted by Gasteiger charge is 2.41. The summed E-state index contributed by atoms with van der Waals surface area (Å²) in [6.07, 6.45) is -0.792. The standard InChI is InChI=1S/C15H18N2O6/c1-2-22-14(20)23-11-5-3-10(4-6-11)13(19)17-15(7-12(16)18)8-21-9-15/h3-6H,2,7-9H2,1H3,(H2,16,18)(H,17,19). The molecule has 0 radical (unpaired) electrons. The first kappa shape index (κ1) is 16.8. The summed E-state index contributed by atoms with van der Waals surface area (Å²) in [6.45, 7) is 2.36. The van der Waals surface area contributed by atoms with Gasteiger partial charge in [-0.3, -0.25) is 9.59 Å². The van der Waals surface area contributed by atoms with Gasteiger partial charge in [0.2, 0.25) is 5.91 Å². The zero-order valence-electron chi connectivity index (χ0n) is 12.7. The van der Waals surface area contributed by atoms with E-state index in [1.165, 1.54) is 24.3 Å². The lowest BCUT2D eigenvalue weighted by Crippen LogP contribution is -2.63. The molecule has 0 bridgehead atoms. The van der Waals surface area contributed by atoms with Crippen molar-refractivity contribution >= 4 is 18.0 Å². The molecule has 124 valence electrons. The average Bonchev–Trinajstić information content (AvgIpc) is 2.45. The third-order valence-electron chi connectivity index (χ3n) is 3.23. The van der Waals surface area contributed by atoms with Crippen molar-refractivity contribution in [1.82, 2.24) is 5.32 Å². The van der Waals surface area contributed by atoms with E-state index in [4.69, 9.17) is 15.2 Å². The van der Waals surface area contributed by atoms with Gasteiger partial charge in [-0.25, -0.2) is 4.79 Å². The number of hydrogen-bond donors (Lipinski definition) is 2. The molecule has 2 amide bonds. The highest BCUT2D eigenvalue weighted by molar-refractivity contribution is 5.95. The third kappa shape index (κ3) is 4.43. The number of carbonyl (C=O) groups excluding carboxylic acids is 3. The average molecular weight is 322 g/mol. The van der Waals surface area contributed by atoms with E-state index in [1.807, 2.05) is 0 Å². The third-order valence-corrected chi connectivity index (χ3v) is 3.23. The van der Waals surface area contributed by atoms with E-state index < -0.39 is 17.6 Å². The zero-order valence-corrected chi connectivity index (χ0v) is 12.7. The number of amides is 2. The number of ether oxygens (including phenoxy) is 3. The maximum Gasteiger partial charge on any atom is 0.513 e. The molecule has 8 heteroatoms. The minimum absolute atomic E-state index is 0.0167. The first-order chi connectivity index (χ1) is 10.9. The minimum atomic E-state index is -0.809. The van der Waals surface area contributed by atoms with Crippen LogP contribution in [0.2, 0.25) is 0 Å². The second-order valence-electron chi connectivity index (χ2n) is 5.18. The predicted molar refractivity (Wildman–Crippen MR) is 78.9 cm³/mol. The SMILES string of the molecule is CCOC(=O)Oc1ccc(C(=O)NC2(CC(N)=O)COC2)cc1. The summed E-state index contributed by atoms with van der Waals surface area (Å²) in [5, 5.41) is 2.76. The lowest BCUT2D eigenvalue weighted by Gasteiger charge is -2.41. The van der Waals surface area contributed by atoms with Gasteiger partial charge in [-0.15, -0.1) is 0 Å². The quantitative estimate of drug-likeness (QED) is 0.585. The number of benzene rings is 1. The molecule has 1 aromatic carbocycles. The molecule has 1 aliphatic heterocycles. The van der Waals surface area contributed by atoms with E-state index >= 15 is 0 Å². The molecule has 23 heavy (non-hydrogen) atoms. The summed E-state index contributed by atoms with van der Waals surface area (Å²) in [4.78, 5) is 34.5. The van der Waals surface area contributed by atoms with Gasteiger partial charge in [0.15, 0.2) is 0 Å². The van der Waals surface area contributed by atoms with Crippen molar-refractivity contribution in [2.75, 3.05) is 19.8 Å². The molecule has 2 rings (SSSR count). The van der Waals surface area contributed by atoms with Crippen LogP contribution in [0.5, 0.6) is 5.75 Å². The Hall–Kier alpha value is -2.61. The second kappa shape index (κ2) is 7.10. The van der Waals surface area contributed by atoms with Gasteiger partial charge in [-0.2, -0.15) is 0 Å². The molecular weight excluding hydrogens is 304 g/mol. The van der Waals surface area contributed by atoms with Gasteiger partial charge in [0.25, 0.3) is 5.91 Å². The van der Waals surface area contributed by atoms with Gasteiger partial charge in [-0.05, 0) is 31.2 Å². The number of carbonyl (C=O) groups is 3. The Labute approximate surface area is 132 Å². The Kier molecular flexibility index (Phi) is 5.17. The van der Waals surface area contributed by atoms with Crippen molar-refractivity contribution in [1.29, 1.82) is 0 Å². The molecule has 1 saturated heterocycles. The van der Waals surface area contributed by atoms with Crippen LogP contribution in [0, 0.1) is 0 Å². The Bertz CT molecular complexity index is 594. The van der Waals surface area contributed by atoms with E-state index in [-0.39, 0.29) is 37.9 Å². The monoisotopic (exact) mass is 322 g/mol. The molecule has 1 aromatic rings. The van der Waals surface area contributed by atoms with Gasteiger partial charge < -0.3 is 25.3 Å². The van der Waals surface area contributed by atoms with E-state index in [1.54, 1.807) is 6.92 Å². The first-order valence-corrected chi connectivity index (χ1v) is 7.07. The molecule has 3 N–H and O–H groups in total. The molecule has 0 unspecified atom stereocenters. The van der Waals surface area contributed by atoms with Crippen LogP contribution >= 0.6 is 0 Å². The summed E-state index contributed by atoms with van der Waals surface area (Å²) >= 11 is 0. The molecule has 0 aromatic heterocycles. The topological polar surface area (TPSA) is 117 Å². The smallest absolute Gasteiger partial charge is 0.434 e. The number of primary amides is 1. The molecular formula is C15H18N2O6. The fraction of sp³-hybridized carbons (Fsp3) is 0.400. The summed E-state index contributed by atoms with van der Waals surface area (Å²) in [7, 11) is 0. The normalized spacial score (nSPS) is 15.2. The summed E-state index contributed by atoms with van der Waals surface area (Å²) in [5.41, 5.74) is 4.80. The Morgan fingerprint density at radius 3 is 2.39 bits per heavy atom. The van der Waals surface area contributed by atoms with E-state index in [0.29, 0.717) is 5.56 Å². The van der Waals surface area contributed by atoms with E-state index in [0.717, 1.165) is 0 Å². The minimum Gasteiger partial charge on any atom is -0.434 e. The van der Waals surface area contributed by atoms with Crippen molar-refractivity contribution in [2.45, 2.75) is 18.9 Å². The van der Waals surface area contributed by atoms with Crippen molar-refractivity contribution in [3.05, 3.63) is 29.8 Å². The number of rotatable bonds is 6. The lowest BCUT2D eigenvalue weighted by atomic mass is 9.92. The van der Waals surface area contributed by atoms with Crippen LogP contribution in [-0.4, -0.2) is 43.3 Å². The van der Waals surface area contributed by atoms with Gasteiger partial charge in [0.1, 0.15) is 5.75 Å². The van der Waals surface area contributed by atoms with Crippen molar-refractivity contribution in [3.63, 3.8) is 0 Å². The highest BCUT2D eigenvalue weighted by Crippen LogP contribution is 2.22. The van der Waals surface area contributed by atoms with Gasteiger partial charge in [0.05, 0.1) is 31.8 Å². The van der Waals surface area contributed by atoms with Crippen LogP contribution < -0.4 is 15.8 Å². The zero-order chi connectivity index (χ0) is 16.9. The second-order valence-corrected chi connectivity index (χ2v) is 5.18. The van der Waals surface area contributed by atoms with Gasteiger partial charge >= 0.3 is 6.16 Å². The van der Waals surface area contributed by atoms with Crippen LogP contribution in [0.1, 0.15) is 23.7 Å². The lowest BCUT2D eigenvalue weighted by molar-refractivity contribution is -0.127. The van der Waals surface area contributed by atoms with Crippen LogP contribution in [0.4, 0.5) is 4.79 Å². The first-order valence-electron chi connectivity index (χ1n) is 7.07. The molecule has 0 saturated carbocycles. The highest BCUT2D eigenvalue weighted by atomic mass is 16.7. The Morgan fingerprint density at radius 2 is 1.91 bits per heavy atom. The largest absolute Gasteiger partial charge is 0.513 e. The summed E-state index contributed by atoms with van der Waals surface area (Å²) < 4.78 is 14.6. The Morgan fingerprint density at radius 1 is 1.26 bits per heavy atom. The van der Waals surface area contributed by atoms with Crippen LogP contribution in [0.3, 0.4) is 0 Å². The fourth-order valence-corrected chi connectivity index (χ4v) is 2.13. The van der Waals surface area contributed by atoms with Crippen LogP contribution in [-0.2, 0) is 14.3 Å². The van der Waals surface area contributed by atoms with E-state index in [2.05, 4.69) is 10.1 Å². The summed E-state index contributed by atoms with van der Waals surface area (Å²) in [6, 6.07) is 5.95. The molecule has 0 atom stereocenters. The molecule has 0 aliphatic carbocycles. The number of hydrogen-bond acceptors (Lipinski definition) is 6. The van der Waals surface area contributed by atoms with Crippen molar-refractivity contribution in [3.8, 4) is 5.75 Å². The molecule has 1 aliphatic rings. The predicted octanol–water partition coefficient (Wildman–Crippen LogP) is 0.596. The molecule has 1 heterocycles. The van der Waals surface area contributed by atoms with Crippen LogP contribution in [0.25, 0.3) is 0 Å². The van der Waals surface area contributed by atoms with Gasteiger partial charge in [-0.1, -0.05) is 0 Å². The van der Waals surface area contributed by atoms with Crippen molar-refractivity contribution in [2.24, 2.45) is 5.73 Å². The molecule has 0 spiro atoms. The van der Waals surface area contributed by atoms with Crippen LogP contribution in [0.15, 0.2) is 24.3 Å². The maximum absolute atomic E-state index is 12.2. The van der Waals surface area contributed by atoms with Crippen molar-refractivity contribution < 1.29 is 28.6 Å². The van der Waals surface area contributed by atoms with Gasteiger partial charge in [0, 0.05) is 5.56 Å². The Balaban J connectivity index is 1.97. The number of nitrogens with two attached hydrogens (primary N) is 1. The fourth-order valence-electron chi connectivity index (χ4n) is 2.13. The van der Waals surface area contributed by atoms with E-state index in [9.17, 15) is 14.4 Å².